The number of aliphatic hydroxyl groups is 1. The molecule has 0 atom stereocenters. The molecule has 3 nitrogen and oxygen atoms in total. The number of rotatable bonds is 10. The third-order valence-corrected chi connectivity index (χ3v) is 2.74. The smallest absolute Gasteiger partial charge is 0.246 e. The number of amides is 1. The maximum Gasteiger partial charge on any atom is 0.246 e. The topological polar surface area (TPSA) is 40.5 Å². The van der Waals surface area contributed by atoms with Gasteiger partial charge in [0.15, 0.2) is 0 Å². The normalized spacial score (nSPS) is 11.0. The molecule has 0 radical (unpaired) electrons. The summed E-state index contributed by atoms with van der Waals surface area (Å²) in [6, 6.07) is 0. The van der Waals surface area contributed by atoms with Crippen LogP contribution in [-0.4, -0.2) is 35.6 Å². The molecule has 0 aromatic carbocycles. The molecule has 0 aliphatic carbocycles. The van der Waals surface area contributed by atoms with Gasteiger partial charge < -0.3 is 10.0 Å². The summed E-state index contributed by atoms with van der Waals surface area (Å²) in [4.78, 5) is 13.6. The molecule has 0 unspecified atom stereocenters. The summed E-state index contributed by atoms with van der Waals surface area (Å²) < 4.78 is 0. The number of allylic oxidation sites excluding steroid dienone is 1. The third kappa shape index (κ3) is 8.93. The second-order valence-corrected chi connectivity index (χ2v) is 4.32. The van der Waals surface area contributed by atoms with E-state index in [2.05, 4.69) is 6.92 Å². The van der Waals surface area contributed by atoms with Gasteiger partial charge in [-0.15, -0.1) is 0 Å². The monoisotopic (exact) mass is 241 g/mol. The lowest BCUT2D eigenvalue weighted by Crippen LogP contribution is -2.32. The van der Waals surface area contributed by atoms with Crippen LogP contribution in [0.15, 0.2) is 12.2 Å². The van der Waals surface area contributed by atoms with Crippen molar-refractivity contribution in [2.45, 2.75) is 52.4 Å². The lowest BCUT2D eigenvalue weighted by Gasteiger charge is -2.20. The predicted molar refractivity (Wildman–Crippen MR) is 71.9 cm³/mol. The zero-order valence-electron chi connectivity index (χ0n) is 11.3. The Labute approximate surface area is 106 Å². The highest BCUT2D eigenvalue weighted by Gasteiger charge is 2.08. The largest absolute Gasteiger partial charge is 0.396 e. The van der Waals surface area contributed by atoms with E-state index in [9.17, 15) is 4.79 Å². The Morgan fingerprint density at radius 1 is 1.12 bits per heavy atom. The number of hydrogen-bond donors (Lipinski definition) is 1. The van der Waals surface area contributed by atoms with Crippen molar-refractivity contribution in [3.8, 4) is 0 Å². The molecule has 0 aliphatic heterocycles. The summed E-state index contributed by atoms with van der Waals surface area (Å²) in [5, 5.41) is 8.81. The van der Waals surface area contributed by atoms with Crippen molar-refractivity contribution in [2.24, 2.45) is 0 Å². The van der Waals surface area contributed by atoms with Crippen molar-refractivity contribution in [3.05, 3.63) is 12.2 Å². The molecule has 0 aromatic heterocycles. The van der Waals surface area contributed by atoms with Gasteiger partial charge in [-0.1, -0.05) is 38.7 Å². The van der Waals surface area contributed by atoms with Crippen LogP contribution in [0, 0.1) is 0 Å². The fourth-order valence-corrected chi connectivity index (χ4v) is 1.75. The van der Waals surface area contributed by atoms with E-state index in [1.807, 2.05) is 11.8 Å². The molecular weight excluding hydrogens is 214 g/mol. The first-order valence-corrected chi connectivity index (χ1v) is 6.78. The molecule has 0 saturated carbocycles. The molecule has 0 rings (SSSR count). The van der Waals surface area contributed by atoms with Crippen LogP contribution < -0.4 is 0 Å². The van der Waals surface area contributed by atoms with Crippen LogP contribution in [0.1, 0.15) is 52.4 Å². The van der Waals surface area contributed by atoms with Gasteiger partial charge in [0.05, 0.1) is 0 Å². The van der Waals surface area contributed by atoms with Gasteiger partial charge in [0, 0.05) is 19.7 Å². The first kappa shape index (κ1) is 16.2. The lowest BCUT2D eigenvalue weighted by molar-refractivity contribution is -0.126. The van der Waals surface area contributed by atoms with E-state index in [1.165, 1.54) is 25.7 Å². The Kier molecular flexibility index (Phi) is 11.1. The summed E-state index contributed by atoms with van der Waals surface area (Å²) in [6.45, 7) is 5.67. The summed E-state index contributed by atoms with van der Waals surface area (Å²) in [5.41, 5.74) is 0. The van der Waals surface area contributed by atoms with Crippen LogP contribution in [0.25, 0.3) is 0 Å². The van der Waals surface area contributed by atoms with Gasteiger partial charge >= 0.3 is 0 Å². The van der Waals surface area contributed by atoms with Crippen molar-refractivity contribution in [2.75, 3.05) is 19.7 Å². The van der Waals surface area contributed by atoms with Gasteiger partial charge in [-0.2, -0.15) is 0 Å². The van der Waals surface area contributed by atoms with Crippen molar-refractivity contribution in [3.63, 3.8) is 0 Å². The number of hydrogen-bond acceptors (Lipinski definition) is 2. The second-order valence-electron chi connectivity index (χ2n) is 4.32. The van der Waals surface area contributed by atoms with Crippen molar-refractivity contribution in [1.29, 1.82) is 0 Å². The third-order valence-electron chi connectivity index (χ3n) is 2.74. The number of unbranched alkanes of at least 4 members (excludes halogenated alkanes) is 4. The minimum atomic E-state index is 0.0661. The second kappa shape index (κ2) is 11.6. The summed E-state index contributed by atoms with van der Waals surface area (Å²) in [5.74, 6) is 0.0661. The molecule has 1 N–H and O–H groups in total. The number of carbonyl (C=O) groups excluding carboxylic acids is 1. The molecule has 100 valence electrons. The van der Waals surface area contributed by atoms with E-state index in [0.717, 1.165) is 13.0 Å². The minimum absolute atomic E-state index is 0.0661. The molecule has 0 spiro atoms. The quantitative estimate of drug-likeness (QED) is 0.472. The van der Waals surface area contributed by atoms with Gasteiger partial charge in [-0.25, -0.2) is 0 Å². The predicted octanol–water partition coefficient (Wildman–Crippen LogP) is 2.74. The van der Waals surface area contributed by atoms with Gasteiger partial charge in [0.2, 0.25) is 5.91 Å². The zero-order valence-corrected chi connectivity index (χ0v) is 11.3. The summed E-state index contributed by atoms with van der Waals surface area (Å²) >= 11 is 0. The molecule has 0 saturated heterocycles. The van der Waals surface area contributed by atoms with Gasteiger partial charge in [0.1, 0.15) is 0 Å². The van der Waals surface area contributed by atoms with E-state index in [1.54, 1.807) is 12.2 Å². The highest BCUT2D eigenvalue weighted by atomic mass is 16.3. The van der Waals surface area contributed by atoms with Gasteiger partial charge in [-0.05, 0) is 25.8 Å². The van der Waals surface area contributed by atoms with Crippen LogP contribution in [0.3, 0.4) is 0 Å². The van der Waals surface area contributed by atoms with E-state index in [-0.39, 0.29) is 12.5 Å². The molecule has 17 heavy (non-hydrogen) atoms. The average Bonchev–Trinajstić information content (AvgIpc) is 2.33. The van der Waals surface area contributed by atoms with E-state index >= 15 is 0 Å². The molecule has 3 heteroatoms. The SMILES string of the molecule is CC=CC(=O)N(CCCO)CCCCCCC. The zero-order chi connectivity index (χ0) is 12.9. The highest BCUT2D eigenvalue weighted by Crippen LogP contribution is 2.05. The number of carbonyl (C=O) groups is 1. The fourth-order valence-electron chi connectivity index (χ4n) is 1.75. The standard InChI is InChI=1S/C14H27NO2/c1-3-5-6-7-8-11-15(12-9-13-16)14(17)10-4-2/h4,10,16H,3,5-9,11-13H2,1-2H3. The molecule has 0 bridgehead atoms. The van der Waals surface area contributed by atoms with Crippen LogP contribution >= 0.6 is 0 Å². The number of aliphatic hydroxyl groups excluding tert-OH is 1. The number of nitrogens with zero attached hydrogens (tertiary/aromatic N) is 1. The maximum atomic E-state index is 11.7. The minimum Gasteiger partial charge on any atom is -0.396 e. The average molecular weight is 241 g/mol. The van der Waals surface area contributed by atoms with Crippen LogP contribution in [0.2, 0.25) is 0 Å². The summed E-state index contributed by atoms with van der Waals surface area (Å²) in [7, 11) is 0. The van der Waals surface area contributed by atoms with Crippen LogP contribution in [0.5, 0.6) is 0 Å². The molecule has 0 fully saturated rings. The Morgan fingerprint density at radius 2 is 1.76 bits per heavy atom. The molecule has 0 aromatic rings. The Hall–Kier alpha value is -0.830. The summed E-state index contributed by atoms with van der Waals surface area (Å²) in [6.07, 6.45) is 10.1. The van der Waals surface area contributed by atoms with E-state index in [0.29, 0.717) is 13.0 Å². The van der Waals surface area contributed by atoms with E-state index in [4.69, 9.17) is 5.11 Å². The van der Waals surface area contributed by atoms with Gasteiger partial charge in [-0.3, -0.25) is 4.79 Å². The Balaban J connectivity index is 3.88. The lowest BCUT2D eigenvalue weighted by atomic mass is 10.1. The molecule has 1 amide bonds. The molecular formula is C14H27NO2. The van der Waals surface area contributed by atoms with Crippen LogP contribution in [-0.2, 0) is 4.79 Å². The van der Waals surface area contributed by atoms with Crippen molar-refractivity contribution < 1.29 is 9.90 Å². The fraction of sp³-hybridized carbons (Fsp3) is 0.786. The van der Waals surface area contributed by atoms with Crippen molar-refractivity contribution >= 4 is 5.91 Å². The van der Waals surface area contributed by atoms with E-state index < -0.39 is 0 Å². The Morgan fingerprint density at radius 3 is 2.35 bits per heavy atom. The first-order chi connectivity index (χ1) is 8.26. The van der Waals surface area contributed by atoms with Crippen molar-refractivity contribution in [1.82, 2.24) is 4.90 Å². The molecule has 0 heterocycles. The first-order valence-electron chi connectivity index (χ1n) is 6.78. The van der Waals surface area contributed by atoms with Gasteiger partial charge in [0.25, 0.3) is 0 Å². The highest BCUT2D eigenvalue weighted by molar-refractivity contribution is 5.87. The molecule has 0 aliphatic rings. The van der Waals surface area contributed by atoms with Crippen LogP contribution in [0.4, 0.5) is 0 Å². The maximum absolute atomic E-state index is 11.7. The Bertz CT molecular complexity index is 214.